The first-order valence-electron chi connectivity index (χ1n) is 4.80. The highest BCUT2D eigenvalue weighted by Gasteiger charge is 2.11. The largest absolute Gasteiger partial charge is 0.508 e. The number of aromatic hydroxyl groups is 1. The molecular formula is C11H15NO. The molecule has 0 bridgehead atoms. The SMILES string of the molecule is CC1CCc2cc(O)ccc2CN1. The number of fused-ring (bicyclic) bond motifs is 1. The summed E-state index contributed by atoms with van der Waals surface area (Å²) in [6.45, 7) is 3.13. The highest BCUT2D eigenvalue weighted by Crippen LogP contribution is 2.21. The van der Waals surface area contributed by atoms with Crippen LogP contribution in [0.15, 0.2) is 18.2 Å². The molecule has 1 heterocycles. The highest BCUT2D eigenvalue weighted by molar-refractivity contribution is 5.35. The summed E-state index contributed by atoms with van der Waals surface area (Å²) in [4.78, 5) is 0. The zero-order valence-corrected chi connectivity index (χ0v) is 7.88. The molecule has 0 saturated carbocycles. The third-order valence-corrected chi connectivity index (χ3v) is 2.68. The molecule has 1 unspecified atom stereocenters. The first-order valence-corrected chi connectivity index (χ1v) is 4.80. The van der Waals surface area contributed by atoms with Crippen molar-refractivity contribution in [1.82, 2.24) is 5.32 Å². The van der Waals surface area contributed by atoms with Gasteiger partial charge in [0.2, 0.25) is 0 Å². The number of rotatable bonds is 0. The van der Waals surface area contributed by atoms with Gasteiger partial charge in [-0.05, 0) is 43.0 Å². The number of phenolic OH excluding ortho intramolecular Hbond substituents is 1. The molecule has 2 heteroatoms. The van der Waals surface area contributed by atoms with Crippen molar-refractivity contribution >= 4 is 0 Å². The van der Waals surface area contributed by atoms with Crippen molar-refractivity contribution in [3.05, 3.63) is 29.3 Å². The fourth-order valence-electron chi connectivity index (χ4n) is 1.78. The van der Waals surface area contributed by atoms with E-state index in [4.69, 9.17) is 0 Å². The zero-order chi connectivity index (χ0) is 9.26. The second-order valence-electron chi connectivity index (χ2n) is 3.77. The maximum atomic E-state index is 9.33. The number of benzene rings is 1. The van der Waals surface area contributed by atoms with Crippen LogP contribution >= 0.6 is 0 Å². The summed E-state index contributed by atoms with van der Waals surface area (Å²) < 4.78 is 0. The van der Waals surface area contributed by atoms with E-state index in [0.717, 1.165) is 19.4 Å². The van der Waals surface area contributed by atoms with Crippen molar-refractivity contribution in [2.75, 3.05) is 0 Å². The maximum absolute atomic E-state index is 9.33. The van der Waals surface area contributed by atoms with Gasteiger partial charge in [0.05, 0.1) is 0 Å². The number of hydrogen-bond donors (Lipinski definition) is 2. The third kappa shape index (κ3) is 1.83. The van der Waals surface area contributed by atoms with Gasteiger partial charge < -0.3 is 10.4 Å². The van der Waals surface area contributed by atoms with E-state index in [1.54, 1.807) is 6.07 Å². The Hall–Kier alpha value is -1.02. The minimum Gasteiger partial charge on any atom is -0.508 e. The quantitative estimate of drug-likeness (QED) is 0.633. The minimum absolute atomic E-state index is 0.383. The van der Waals surface area contributed by atoms with Gasteiger partial charge in [-0.15, -0.1) is 0 Å². The summed E-state index contributed by atoms with van der Waals surface area (Å²) in [5.74, 6) is 0.383. The third-order valence-electron chi connectivity index (χ3n) is 2.68. The second-order valence-corrected chi connectivity index (χ2v) is 3.77. The molecule has 0 fully saturated rings. The molecule has 0 aromatic heterocycles. The maximum Gasteiger partial charge on any atom is 0.115 e. The van der Waals surface area contributed by atoms with Crippen molar-refractivity contribution in [3.8, 4) is 5.75 Å². The van der Waals surface area contributed by atoms with Gasteiger partial charge in [-0.3, -0.25) is 0 Å². The lowest BCUT2D eigenvalue weighted by molar-refractivity contribution is 0.474. The fourth-order valence-corrected chi connectivity index (χ4v) is 1.78. The van der Waals surface area contributed by atoms with Crippen LogP contribution in [0.25, 0.3) is 0 Å². The molecule has 0 saturated heterocycles. The number of hydrogen-bond acceptors (Lipinski definition) is 2. The van der Waals surface area contributed by atoms with Crippen LogP contribution in [0, 0.1) is 0 Å². The van der Waals surface area contributed by atoms with Crippen LogP contribution in [0.1, 0.15) is 24.5 Å². The van der Waals surface area contributed by atoms with Crippen molar-refractivity contribution < 1.29 is 5.11 Å². The first-order chi connectivity index (χ1) is 6.25. The molecule has 70 valence electrons. The van der Waals surface area contributed by atoms with Gasteiger partial charge in [-0.1, -0.05) is 6.07 Å². The molecule has 2 N–H and O–H groups in total. The van der Waals surface area contributed by atoms with E-state index >= 15 is 0 Å². The summed E-state index contributed by atoms with van der Waals surface area (Å²) >= 11 is 0. The molecule has 1 aromatic carbocycles. The molecule has 1 aromatic rings. The summed E-state index contributed by atoms with van der Waals surface area (Å²) in [7, 11) is 0. The van der Waals surface area contributed by atoms with E-state index < -0.39 is 0 Å². The van der Waals surface area contributed by atoms with Crippen LogP contribution in [0.2, 0.25) is 0 Å². The average molecular weight is 177 g/mol. The molecule has 1 aliphatic rings. The van der Waals surface area contributed by atoms with E-state index in [1.165, 1.54) is 11.1 Å². The predicted molar refractivity (Wildman–Crippen MR) is 52.7 cm³/mol. The van der Waals surface area contributed by atoms with Gasteiger partial charge in [0, 0.05) is 12.6 Å². The molecule has 0 spiro atoms. The standard InChI is InChI=1S/C11H15NO/c1-8-2-3-9-6-11(13)5-4-10(9)7-12-8/h4-6,8,12-13H,2-3,7H2,1H3. The van der Waals surface area contributed by atoms with E-state index in [-0.39, 0.29) is 0 Å². The minimum atomic E-state index is 0.383. The Morgan fingerprint density at radius 3 is 3.08 bits per heavy atom. The second kappa shape index (κ2) is 3.38. The average Bonchev–Trinajstić information content (AvgIpc) is 2.29. The summed E-state index contributed by atoms with van der Waals surface area (Å²) in [6.07, 6.45) is 2.22. The van der Waals surface area contributed by atoms with Gasteiger partial charge in [-0.2, -0.15) is 0 Å². The summed E-state index contributed by atoms with van der Waals surface area (Å²) in [5.41, 5.74) is 2.61. The molecule has 2 nitrogen and oxygen atoms in total. The Kier molecular flexibility index (Phi) is 2.23. The zero-order valence-electron chi connectivity index (χ0n) is 7.88. The summed E-state index contributed by atoms with van der Waals surface area (Å²) in [6, 6.07) is 6.23. The van der Waals surface area contributed by atoms with Crippen molar-refractivity contribution in [2.24, 2.45) is 0 Å². The lowest BCUT2D eigenvalue weighted by Gasteiger charge is -2.07. The molecule has 2 rings (SSSR count). The van der Waals surface area contributed by atoms with E-state index in [1.807, 2.05) is 12.1 Å². The molecule has 0 amide bonds. The Morgan fingerprint density at radius 1 is 1.38 bits per heavy atom. The number of aryl methyl sites for hydroxylation is 1. The van der Waals surface area contributed by atoms with Crippen LogP contribution in [0.4, 0.5) is 0 Å². The Morgan fingerprint density at radius 2 is 2.23 bits per heavy atom. The molecule has 0 aliphatic carbocycles. The molecule has 0 radical (unpaired) electrons. The molecule has 1 atom stereocenters. The molecule has 1 aliphatic heterocycles. The highest BCUT2D eigenvalue weighted by atomic mass is 16.3. The van der Waals surface area contributed by atoms with E-state index in [2.05, 4.69) is 12.2 Å². The van der Waals surface area contributed by atoms with Gasteiger partial charge in [0.1, 0.15) is 5.75 Å². The lowest BCUT2D eigenvalue weighted by Crippen LogP contribution is -2.23. The van der Waals surface area contributed by atoms with E-state index in [0.29, 0.717) is 11.8 Å². The van der Waals surface area contributed by atoms with Crippen LogP contribution in [-0.2, 0) is 13.0 Å². The normalized spacial score (nSPS) is 22.1. The molecular weight excluding hydrogens is 162 g/mol. The Bertz CT molecular complexity index is 309. The monoisotopic (exact) mass is 177 g/mol. The smallest absolute Gasteiger partial charge is 0.115 e. The molecule has 13 heavy (non-hydrogen) atoms. The van der Waals surface area contributed by atoms with Crippen molar-refractivity contribution in [2.45, 2.75) is 32.4 Å². The predicted octanol–water partition coefficient (Wildman–Crippen LogP) is 1.82. The number of nitrogens with one attached hydrogen (secondary N) is 1. The van der Waals surface area contributed by atoms with Crippen LogP contribution in [0.3, 0.4) is 0 Å². The Labute approximate surface area is 78.6 Å². The Balaban J connectivity index is 2.30. The van der Waals surface area contributed by atoms with Crippen LogP contribution in [0.5, 0.6) is 5.75 Å². The first kappa shape index (κ1) is 8.57. The van der Waals surface area contributed by atoms with Crippen molar-refractivity contribution in [3.63, 3.8) is 0 Å². The van der Waals surface area contributed by atoms with Gasteiger partial charge in [-0.25, -0.2) is 0 Å². The number of phenols is 1. The van der Waals surface area contributed by atoms with Gasteiger partial charge in [0.25, 0.3) is 0 Å². The van der Waals surface area contributed by atoms with Gasteiger partial charge >= 0.3 is 0 Å². The summed E-state index contributed by atoms with van der Waals surface area (Å²) in [5, 5.41) is 12.8. The fraction of sp³-hybridized carbons (Fsp3) is 0.455. The van der Waals surface area contributed by atoms with Gasteiger partial charge in [0.15, 0.2) is 0 Å². The lowest BCUT2D eigenvalue weighted by atomic mass is 10.0. The van der Waals surface area contributed by atoms with Crippen LogP contribution in [-0.4, -0.2) is 11.1 Å². The van der Waals surface area contributed by atoms with Crippen molar-refractivity contribution in [1.29, 1.82) is 0 Å². The van der Waals surface area contributed by atoms with E-state index in [9.17, 15) is 5.11 Å². The van der Waals surface area contributed by atoms with Crippen LogP contribution < -0.4 is 5.32 Å². The topological polar surface area (TPSA) is 32.3 Å².